The molecule has 0 saturated heterocycles. The van der Waals surface area contributed by atoms with Crippen molar-refractivity contribution < 1.29 is 31.1 Å². The largest absolute Gasteiger partial charge is 0.481 e. The molecule has 0 unspecified atom stereocenters. The molecule has 2 aromatic rings. The Kier molecular flexibility index (Phi) is 5.69. The summed E-state index contributed by atoms with van der Waals surface area (Å²) in [5.74, 6) is -1.43. The molecule has 1 aromatic heterocycles. The Labute approximate surface area is 154 Å². The lowest BCUT2D eigenvalue weighted by Crippen LogP contribution is -2.15. The number of methoxy groups -OCH3 is 1. The van der Waals surface area contributed by atoms with Crippen molar-refractivity contribution in [2.24, 2.45) is 7.05 Å². The average molecular weight is 404 g/mol. The second-order valence-corrected chi connectivity index (χ2v) is 8.32. The molecular formula is C17H19F3N2O4S. The molecule has 0 aliphatic carbocycles. The number of carbonyl (C=O) groups is 1. The van der Waals surface area contributed by atoms with Crippen LogP contribution in [0.1, 0.15) is 39.7 Å². The minimum absolute atomic E-state index is 0.0786. The lowest BCUT2D eigenvalue weighted by atomic mass is 9.97. The SMILES string of the molecule is CCS(=O)(=O)Cc1cc(C(F)(F)F)ccc1C(=O)c1c(C)nn(C)c1OC. The third kappa shape index (κ3) is 4.32. The van der Waals surface area contributed by atoms with Gasteiger partial charge in [0.2, 0.25) is 11.7 Å². The molecule has 0 aliphatic heterocycles. The molecule has 1 aromatic carbocycles. The number of sulfone groups is 1. The molecule has 0 radical (unpaired) electrons. The van der Waals surface area contributed by atoms with Crippen molar-refractivity contribution >= 4 is 15.6 Å². The number of aryl methyl sites for hydroxylation is 2. The van der Waals surface area contributed by atoms with E-state index in [1.165, 1.54) is 18.7 Å². The topological polar surface area (TPSA) is 78.3 Å². The van der Waals surface area contributed by atoms with Crippen LogP contribution in [-0.2, 0) is 28.8 Å². The van der Waals surface area contributed by atoms with Crippen molar-refractivity contribution in [3.63, 3.8) is 0 Å². The predicted octanol–water partition coefficient (Wildman–Crippen LogP) is 2.92. The molecule has 27 heavy (non-hydrogen) atoms. The monoisotopic (exact) mass is 404 g/mol. The van der Waals surface area contributed by atoms with Gasteiger partial charge < -0.3 is 4.74 Å². The van der Waals surface area contributed by atoms with Crippen LogP contribution in [0.5, 0.6) is 5.88 Å². The normalized spacial score (nSPS) is 12.3. The van der Waals surface area contributed by atoms with Crippen LogP contribution >= 0.6 is 0 Å². The number of benzene rings is 1. The number of nitrogens with zero attached hydrogens (tertiary/aromatic N) is 2. The number of ether oxygens (including phenoxy) is 1. The fourth-order valence-electron chi connectivity index (χ4n) is 2.72. The molecule has 1 heterocycles. The standard InChI is InChI=1S/C17H19F3N2O4S/c1-5-27(24,25)9-11-8-12(17(18,19)20)6-7-13(11)15(23)14-10(2)21-22(3)16(14)26-4/h6-8H,5,9H2,1-4H3. The number of hydrogen-bond acceptors (Lipinski definition) is 5. The summed E-state index contributed by atoms with van der Waals surface area (Å²) in [6.07, 6.45) is -4.66. The third-order valence-electron chi connectivity index (χ3n) is 4.08. The van der Waals surface area contributed by atoms with Gasteiger partial charge in [0, 0.05) is 18.4 Å². The van der Waals surface area contributed by atoms with Crippen molar-refractivity contribution in [2.75, 3.05) is 12.9 Å². The Bertz CT molecular complexity index is 979. The molecule has 0 aliphatic rings. The summed E-state index contributed by atoms with van der Waals surface area (Å²) < 4.78 is 69.7. The fraction of sp³-hybridized carbons (Fsp3) is 0.412. The highest BCUT2D eigenvalue weighted by Gasteiger charge is 2.33. The summed E-state index contributed by atoms with van der Waals surface area (Å²) in [7, 11) is -0.776. The number of alkyl halides is 3. The molecule has 0 saturated carbocycles. The summed E-state index contributed by atoms with van der Waals surface area (Å²) >= 11 is 0. The van der Waals surface area contributed by atoms with E-state index >= 15 is 0 Å². The van der Waals surface area contributed by atoms with Gasteiger partial charge in [0.25, 0.3) is 0 Å². The predicted molar refractivity (Wildman–Crippen MR) is 92.5 cm³/mol. The number of aromatic nitrogens is 2. The van der Waals surface area contributed by atoms with E-state index in [2.05, 4.69) is 5.10 Å². The summed E-state index contributed by atoms with van der Waals surface area (Å²) in [6.45, 7) is 2.95. The van der Waals surface area contributed by atoms with E-state index in [4.69, 9.17) is 4.74 Å². The van der Waals surface area contributed by atoms with Gasteiger partial charge in [-0.15, -0.1) is 0 Å². The zero-order chi connectivity index (χ0) is 20.6. The highest BCUT2D eigenvalue weighted by atomic mass is 32.2. The number of rotatable bonds is 6. The van der Waals surface area contributed by atoms with E-state index in [1.807, 2.05) is 0 Å². The first kappa shape index (κ1) is 20.9. The van der Waals surface area contributed by atoms with Crippen molar-refractivity contribution in [1.82, 2.24) is 9.78 Å². The van der Waals surface area contributed by atoms with E-state index in [-0.39, 0.29) is 28.3 Å². The van der Waals surface area contributed by atoms with Gasteiger partial charge in [-0.05, 0) is 24.6 Å². The van der Waals surface area contributed by atoms with Crippen LogP contribution in [0, 0.1) is 6.92 Å². The summed E-state index contributed by atoms with van der Waals surface area (Å²) in [6, 6.07) is 2.46. The Hall–Kier alpha value is -2.36. The van der Waals surface area contributed by atoms with Gasteiger partial charge in [-0.2, -0.15) is 18.3 Å². The van der Waals surface area contributed by atoms with Gasteiger partial charge in [0.15, 0.2) is 9.84 Å². The van der Waals surface area contributed by atoms with Crippen LogP contribution in [0.3, 0.4) is 0 Å². The highest BCUT2D eigenvalue weighted by molar-refractivity contribution is 7.90. The molecule has 0 atom stereocenters. The van der Waals surface area contributed by atoms with Gasteiger partial charge in [-0.3, -0.25) is 4.79 Å². The minimum Gasteiger partial charge on any atom is -0.481 e. The highest BCUT2D eigenvalue weighted by Crippen LogP contribution is 2.33. The molecular weight excluding hydrogens is 385 g/mol. The minimum atomic E-state index is -4.66. The second kappa shape index (κ2) is 7.34. The summed E-state index contributed by atoms with van der Waals surface area (Å²) in [4.78, 5) is 13.0. The van der Waals surface area contributed by atoms with Crippen LogP contribution < -0.4 is 4.74 Å². The molecule has 2 rings (SSSR count). The van der Waals surface area contributed by atoms with E-state index in [0.717, 1.165) is 12.1 Å². The van der Waals surface area contributed by atoms with Crippen molar-refractivity contribution in [3.05, 3.63) is 46.1 Å². The van der Waals surface area contributed by atoms with Crippen LogP contribution in [-0.4, -0.2) is 36.8 Å². The fourth-order valence-corrected chi connectivity index (χ4v) is 3.63. The first-order valence-corrected chi connectivity index (χ1v) is 9.76. The quantitative estimate of drug-likeness (QED) is 0.692. The van der Waals surface area contributed by atoms with E-state index < -0.39 is 33.1 Å². The van der Waals surface area contributed by atoms with E-state index in [9.17, 15) is 26.4 Å². The van der Waals surface area contributed by atoms with E-state index in [0.29, 0.717) is 11.8 Å². The average Bonchev–Trinajstić information content (AvgIpc) is 2.86. The summed E-state index contributed by atoms with van der Waals surface area (Å²) in [5.41, 5.74) is -0.954. The second-order valence-electron chi connectivity index (χ2n) is 5.97. The molecule has 0 bridgehead atoms. The Morgan fingerprint density at radius 3 is 2.44 bits per heavy atom. The third-order valence-corrected chi connectivity index (χ3v) is 5.71. The molecule has 6 nitrogen and oxygen atoms in total. The Balaban J connectivity index is 2.67. The van der Waals surface area contributed by atoms with Gasteiger partial charge in [0.05, 0.1) is 24.1 Å². The van der Waals surface area contributed by atoms with Crippen LogP contribution in [0.25, 0.3) is 0 Å². The van der Waals surface area contributed by atoms with Crippen LogP contribution in [0.4, 0.5) is 13.2 Å². The number of halogens is 3. The van der Waals surface area contributed by atoms with Crippen molar-refractivity contribution in [1.29, 1.82) is 0 Å². The maximum absolute atomic E-state index is 13.1. The Morgan fingerprint density at radius 2 is 1.93 bits per heavy atom. The molecule has 0 amide bonds. The molecule has 10 heteroatoms. The van der Waals surface area contributed by atoms with Gasteiger partial charge in [0.1, 0.15) is 5.56 Å². The first-order chi connectivity index (χ1) is 12.4. The number of hydrogen-bond donors (Lipinski definition) is 0. The first-order valence-electron chi connectivity index (χ1n) is 7.94. The zero-order valence-corrected chi connectivity index (χ0v) is 16.0. The van der Waals surface area contributed by atoms with Gasteiger partial charge >= 0.3 is 6.18 Å². The van der Waals surface area contributed by atoms with E-state index in [1.54, 1.807) is 14.0 Å². The molecule has 0 spiro atoms. The molecule has 0 fully saturated rings. The maximum atomic E-state index is 13.1. The number of ketones is 1. The summed E-state index contributed by atoms with van der Waals surface area (Å²) in [5, 5.41) is 4.08. The van der Waals surface area contributed by atoms with Crippen molar-refractivity contribution in [2.45, 2.75) is 25.8 Å². The molecule has 148 valence electrons. The number of carbonyl (C=O) groups excluding carboxylic acids is 1. The lowest BCUT2D eigenvalue weighted by molar-refractivity contribution is -0.137. The van der Waals surface area contributed by atoms with Gasteiger partial charge in [-0.1, -0.05) is 13.0 Å². The van der Waals surface area contributed by atoms with Gasteiger partial charge in [-0.25, -0.2) is 13.1 Å². The van der Waals surface area contributed by atoms with Crippen molar-refractivity contribution in [3.8, 4) is 5.88 Å². The van der Waals surface area contributed by atoms with Crippen LogP contribution in [0.2, 0.25) is 0 Å². The Morgan fingerprint density at radius 1 is 1.30 bits per heavy atom. The smallest absolute Gasteiger partial charge is 0.416 e. The molecule has 0 N–H and O–H groups in total. The maximum Gasteiger partial charge on any atom is 0.416 e. The van der Waals surface area contributed by atoms with Crippen LogP contribution in [0.15, 0.2) is 18.2 Å². The zero-order valence-electron chi connectivity index (χ0n) is 15.2. The lowest BCUT2D eigenvalue weighted by Gasteiger charge is -2.13.